The van der Waals surface area contributed by atoms with Crippen molar-refractivity contribution in [2.24, 2.45) is 0 Å². The van der Waals surface area contributed by atoms with E-state index in [1.807, 2.05) is 12.1 Å². The second kappa shape index (κ2) is 4.94. The molecular formula is C13H12Cl2O. The zero-order valence-corrected chi connectivity index (χ0v) is 10.4. The summed E-state index contributed by atoms with van der Waals surface area (Å²) in [5, 5.41) is 0.237. The Bertz CT molecular complexity index is 476. The molecule has 0 spiro atoms. The smallest absolute Gasteiger partial charge is 0.197 e. The predicted molar refractivity (Wildman–Crippen MR) is 67.2 cm³/mol. The van der Waals surface area contributed by atoms with E-state index in [0.717, 1.165) is 12.0 Å². The molecule has 0 saturated heterocycles. The van der Waals surface area contributed by atoms with Gasteiger partial charge in [0.05, 0.1) is 11.6 Å². The van der Waals surface area contributed by atoms with Gasteiger partial charge in [0.2, 0.25) is 0 Å². The van der Waals surface area contributed by atoms with Gasteiger partial charge in [-0.05, 0) is 36.6 Å². The van der Waals surface area contributed by atoms with Crippen molar-refractivity contribution in [1.29, 1.82) is 0 Å². The zero-order chi connectivity index (χ0) is 11.5. The molecule has 1 aromatic carbocycles. The number of alkyl halides is 1. The second-order valence-corrected chi connectivity index (χ2v) is 4.68. The standard InChI is InChI=1S/C13H12Cl2O/c1-9-3-2-4-10(7-9)8-12(14)11-5-6-16-13(11)15/h2-7,12H,8H2,1H3. The van der Waals surface area contributed by atoms with Crippen LogP contribution in [0, 0.1) is 6.92 Å². The summed E-state index contributed by atoms with van der Waals surface area (Å²) in [5.74, 6) is 0. The van der Waals surface area contributed by atoms with Gasteiger partial charge in [-0.15, -0.1) is 11.6 Å². The topological polar surface area (TPSA) is 13.1 Å². The number of aryl methyl sites for hydroxylation is 1. The average Bonchev–Trinajstić information content (AvgIpc) is 2.64. The summed E-state index contributed by atoms with van der Waals surface area (Å²) in [6.45, 7) is 2.07. The number of halogens is 2. The van der Waals surface area contributed by atoms with Crippen LogP contribution in [0.3, 0.4) is 0 Å². The zero-order valence-electron chi connectivity index (χ0n) is 8.91. The number of furan rings is 1. The molecule has 16 heavy (non-hydrogen) atoms. The van der Waals surface area contributed by atoms with E-state index < -0.39 is 0 Å². The summed E-state index contributed by atoms with van der Waals surface area (Å²) < 4.78 is 5.03. The van der Waals surface area contributed by atoms with Crippen molar-refractivity contribution in [3.05, 3.63) is 58.5 Å². The van der Waals surface area contributed by atoms with Crippen molar-refractivity contribution >= 4 is 23.2 Å². The Morgan fingerprint density at radius 2 is 2.12 bits per heavy atom. The highest BCUT2D eigenvalue weighted by Crippen LogP contribution is 2.31. The van der Waals surface area contributed by atoms with Crippen molar-refractivity contribution in [2.45, 2.75) is 18.7 Å². The van der Waals surface area contributed by atoms with E-state index in [9.17, 15) is 0 Å². The quantitative estimate of drug-likeness (QED) is 0.720. The largest absolute Gasteiger partial charge is 0.453 e. The minimum absolute atomic E-state index is 0.145. The van der Waals surface area contributed by atoms with Gasteiger partial charge in [0, 0.05) is 5.56 Å². The number of hydrogen-bond acceptors (Lipinski definition) is 1. The molecule has 3 heteroatoms. The molecule has 1 heterocycles. The monoisotopic (exact) mass is 254 g/mol. The molecule has 0 amide bonds. The molecule has 1 nitrogen and oxygen atoms in total. The molecule has 0 aliphatic rings. The van der Waals surface area contributed by atoms with E-state index in [2.05, 4.69) is 25.1 Å². The number of hydrogen-bond donors (Lipinski definition) is 0. The highest BCUT2D eigenvalue weighted by Gasteiger charge is 2.14. The SMILES string of the molecule is Cc1cccc(CC(Cl)c2ccoc2Cl)c1. The first kappa shape index (κ1) is 11.6. The summed E-state index contributed by atoms with van der Waals surface area (Å²) in [6.07, 6.45) is 2.31. The maximum Gasteiger partial charge on any atom is 0.197 e. The molecule has 0 bridgehead atoms. The van der Waals surface area contributed by atoms with Gasteiger partial charge in [-0.25, -0.2) is 0 Å². The maximum absolute atomic E-state index is 6.30. The highest BCUT2D eigenvalue weighted by molar-refractivity contribution is 6.31. The van der Waals surface area contributed by atoms with Gasteiger partial charge in [0.25, 0.3) is 0 Å². The van der Waals surface area contributed by atoms with Crippen LogP contribution in [0.2, 0.25) is 5.22 Å². The van der Waals surface area contributed by atoms with Gasteiger partial charge in [-0.3, -0.25) is 0 Å². The van der Waals surface area contributed by atoms with Crippen molar-refractivity contribution in [2.75, 3.05) is 0 Å². The molecule has 1 aromatic heterocycles. The van der Waals surface area contributed by atoms with Crippen molar-refractivity contribution in [3.8, 4) is 0 Å². The van der Waals surface area contributed by atoms with Crippen LogP contribution in [0.15, 0.2) is 41.0 Å². The minimum atomic E-state index is -0.145. The second-order valence-electron chi connectivity index (χ2n) is 3.81. The maximum atomic E-state index is 6.30. The fourth-order valence-electron chi connectivity index (χ4n) is 1.68. The molecule has 0 N–H and O–H groups in total. The molecule has 0 radical (unpaired) electrons. The van der Waals surface area contributed by atoms with Crippen molar-refractivity contribution in [1.82, 2.24) is 0 Å². The Labute approximate surface area is 105 Å². The Kier molecular flexibility index (Phi) is 3.57. The third-order valence-electron chi connectivity index (χ3n) is 2.48. The Hall–Kier alpha value is -0.920. The minimum Gasteiger partial charge on any atom is -0.453 e. The van der Waals surface area contributed by atoms with E-state index in [-0.39, 0.29) is 5.38 Å². The van der Waals surface area contributed by atoms with Crippen LogP contribution >= 0.6 is 23.2 Å². The normalized spacial score (nSPS) is 12.7. The predicted octanol–water partition coefficient (Wildman–Crippen LogP) is 4.76. The molecule has 0 fully saturated rings. The lowest BCUT2D eigenvalue weighted by Crippen LogP contribution is -1.95. The van der Waals surface area contributed by atoms with Crippen LogP contribution in [-0.2, 0) is 6.42 Å². The van der Waals surface area contributed by atoms with E-state index in [4.69, 9.17) is 27.6 Å². The first-order chi connectivity index (χ1) is 7.66. The van der Waals surface area contributed by atoms with Crippen molar-refractivity contribution < 1.29 is 4.42 Å². The van der Waals surface area contributed by atoms with Crippen LogP contribution in [0.5, 0.6) is 0 Å². The molecule has 1 unspecified atom stereocenters. The fraction of sp³-hybridized carbons (Fsp3) is 0.231. The Morgan fingerprint density at radius 3 is 2.75 bits per heavy atom. The fourth-order valence-corrected chi connectivity index (χ4v) is 2.34. The summed E-state index contributed by atoms with van der Waals surface area (Å²) in [5.41, 5.74) is 3.29. The molecule has 2 rings (SSSR count). The summed E-state index contributed by atoms with van der Waals surface area (Å²) in [7, 11) is 0. The van der Waals surface area contributed by atoms with Gasteiger partial charge >= 0.3 is 0 Å². The van der Waals surface area contributed by atoms with Crippen LogP contribution in [-0.4, -0.2) is 0 Å². The lowest BCUT2D eigenvalue weighted by atomic mass is 10.0. The third-order valence-corrected chi connectivity index (χ3v) is 3.18. The van der Waals surface area contributed by atoms with Gasteiger partial charge in [0.15, 0.2) is 5.22 Å². The van der Waals surface area contributed by atoms with Crippen LogP contribution in [0.25, 0.3) is 0 Å². The Morgan fingerprint density at radius 1 is 1.31 bits per heavy atom. The van der Waals surface area contributed by atoms with Crippen LogP contribution < -0.4 is 0 Å². The molecular weight excluding hydrogens is 243 g/mol. The van der Waals surface area contributed by atoms with Gasteiger partial charge in [-0.2, -0.15) is 0 Å². The van der Waals surface area contributed by atoms with Crippen LogP contribution in [0.4, 0.5) is 0 Å². The molecule has 0 aliphatic carbocycles. The molecule has 84 valence electrons. The van der Waals surface area contributed by atoms with Crippen molar-refractivity contribution in [3.63, 3.8) is 0 Å². The Balaban J connectivity index is 2.14. The first-order valence-electron chi connectivity index (χ1n) is 5.09. The summed E-state index contributed by atoms with van der Waals surface area (Å²) in [4.78, 5) is 0. The van der Waals surface area contributed by atoms with E-state index in [0.29, 0.717) is 5.22 Å². The molecule has 2 aromatic rings. The third kappa shape index (κ3) is 2.60. The lowest BCUT2D eigenvalue weighted by molar-refractivity contribution is 0.565. The molecule has 1 atom stereocenters. The molecule has 0 aliphatic heterocycles. The van der Waals surface area contributed by atoms with Gasteiger partial charge in [0.1, 0.15) is 0 Å². The molecule has 0 saturated carbocycles. The average molecular weight is 255 g/mol. The van der Waals surface area contributed by atoms with E-state index in [1.54, 1.807) is 6.26 Å². The summed E-state index contributed by atoms with van der Waals surface area (Å²) in [6, 6.07) is 10.1. The summed E-state index contributed by atoms with van der Waals surface area (Å²) >= 11 is 12.2. The first-order valence-corrected chi connectivity index (χ1v) is 5.91. The number of benzene rings is 1. The number of rotatable bonds is 3. The van der Waals surface area contributed by atoms with Crippen LogP contribution in [0.1, 0.15) is 22.1 Å². The van der Waals surface area contributed by atoms with Gasteiger partial charge in [-0.1, -0.05) is 29.8 Å². The van der Waals surface area contributed by atoms with E-state index >= 15 is 0 Å². The van der Waals surface area contributed by atoms with Gasteiger partial charge < -0.3 is 4.42 Å². The van der Waals surface area contributed by atoms with E-state index in [1.165, 1.54) is 11.1 Å². The lowest BCUT2D eigenvalue weighted by Gasteiger charge is -2.08. The highest BCUT2D eigenvalue weighted by atomic mass is 35.5.